The molecular weight excluding hydrogens is 358 g/mol. The Labute approximate surface area is 161 Å². The summed E-state index contributed by atoms with van der Waals surface area (Å²) >= 11 is 0. The third-order valence-corrected chi connectivity index (χ3v) is 3.92. The first kappa shape index (κ1) is 18.8. The Morgan fingerprint density at radius 3 is 2.25 bits per heavy atom. The van der Waals surface area contributed by atoms with Crippen molar-refractivity contribution in [1.82, 2.24) is 0 Å². The van der Waals surface area contributed by atoms with E-state index in [0.717, 1.165) is 22.9 Å². The molecule has 2 N–H and O–H groups in total. The molecule has 1 heterocycles. The molecule has 1 aromatic heterocycles. The van der Waals surface area contributed by atoms with Gasteiger partial charge in [-0.2, -0.15) is 0 Å². The SMILES string of the molecule is COC(=O)c1ccc(C#Cc2ccc(NCc3occc(=O)c3O)cc2)cc1. The number of benzene rings is 2. The van der Waals surface area contributed by atoms with Crippen LogP contribution in [0, 0.1) is 11.8 Å². The maximum absolute atomic E-state index is 11.4. The number of anilines is 1. The third kappa shape index (κ3) is 4.59. The van der Waals surface area contributed by atoms with Crippen LogP contribution in [-0.4, -0.2) is 18.2 Å². The minimum Gasteiger partial charge on any atom is -0.502 e. The van der Waals surface area contributed by atoms with E-state index in [1.54, 1.807) is 24.3 Å². The van der Waals surface area contributed by atoms with Crippen LogP contribution in [0.2, 0.25) is 0 Å². The second-order valence-electron chi connectivity index (χ2n) is 5.81. The molecule has 0 saturated heterocycles. The maximum Gasteiger partial charge on any atom is 0.337 e. The number of carbonyl (C=O) groups is 1. The van der Waals surface area contributed by atoms with Gasteiger partial charge < -0.3 is 19.6 Å². The predicted molar refractivity (Wildman–Crippen MR) is 104 cm³/mol. The van der Waals surface area contributed by atoms with Gasteiger partial charge in [0.15, 0.2) is 5.76 Å². The van der Waals surface area contributed by atoms with Crippen molar-refractivity contribution in [3.8, 4) is 17.6 Å². The summed E-state index contributed by atoms with van der Waals surface area (Å²) in [6.07, 6.45) is 1.25. The highest BCUT2D eigenvalue weighted by Gasteiger charge is 2.07. The first-order valence-corrected chi connectivity index (χ1v) is 8.41. The number of carbonyl (C=O) groups excluding carboxylic acids is 1. The van der Waals surface area contributed by atoms with Gasteiger partial charge in [0.2, 0.25) is 11.2 Å². The van der Waals surface area contributed by atoms with E-state index in [-0.39, 0.29) is 18.3 Å². The fourth-order valence-electron chi connectivity index (χ4n) is 2.38. The van der Waals surface area contributed by atoms with Crippen LogP contribution in [0.5, 0.6) is 5.75 Å². The van der Waals surface area contributed by atoms with Gasteiger partial charge in [0.05, 0.1) is 25.5 Å². The van der Waals surface area contributed by atoms with Crippen molar-refractivity contribution >= 4 is 11.7 Å². The lowest BCUT2D eigenvalue weighted by molar-refractivity contribution is 0.0600. The second-order valence-corrected chi connectivity index (χ2v) is 5.81. The lowest BCUT2D eigenvalue weighted by Gasteiger charge is -2.06. The number of nitrogens with one attached hydrogen (secondary N) is 1. The van der Waals surface area contributed by atoms with E-state index in [2.05, 4.69) is 21.9 Å². The molecule has 0 aliphatic rings. The van der Waals surface area contributed by atoms with Crippen LogP contribution in [0.4, 0.5) is 5.69 Å². The van der Waals surface area contributed by atoms with E-state index in [9.17, 15) is 14.7 Å². The van der Waals surface area contributed by atoms with Gasteiger partial charge >= 0.3 is 5.97 Å². The molecule has 0 unspecified atom stereocenters. The van der Waals surface area contributed by atoms with Gasteiger partial charge in [0.25, 0.3) is 0 Å². The van der Waals surface area contributed by atoms with E-state index in [1.165, 1.54) is 13.4 Å². The third-order valence-electron chi connectivity index (χ3n) is 3.92. The summed E-state index contributed by atoms with van der Waals surface area (Å²) in [7, 11) is 1.34. The minimum absolute atomic E-state index is 0.173. The number of rotatable bonds is 4. The predicted octanol–water partition coefficient (Wildman–Crippen LogP) is 3.14. The van der Waals surface area contributed by atoms with Gasteiger partial charge in [-0.05, 0) is 48.5 Å². The van der Waals surface area contributed by atoms with Crippen LogP contribution in [0.15, 0.2) is 70.1 Å². The van der Waals surface area contributed by atoms with E-state index in [4.69, 9.17) is 4.42 Å². The number of hydrogen-bond acceptors (Lipinski definition) is 6. The summed E-state index contributed by atoms with van der Waals surface area (Å²) in [5.74, 6) is 5.47. The fourth-order valence-corrected chi connectivity index (χ4v) is 2.38. The van der Waals surface area contributed by atoms with Crippen molar-refractivity contribution < 1.29 is 19.1 Å². The molecule has 0 saturated carbocycles. The molecule has 28 heavy (non-hydrogen) atoms. The van der Waals surface area contributed by atoms with E-state index in [0.29, 0.717) is 5.56 Å². The first-order chi connectivity index (χ1) is 13.6. The topological polar surface area (TPSA) is 88.8 Å². The molecule has 0 fully saturated rings. The second kappa shape index (κ2) is 8.60. The van der Waals surface area contributed by atoms with Crippen molar-refractivity contribution in [3.63, 3.8) is 0 Å². The summed E-state index contributed by atoms with van der Waals surface area (Å²) in [6.45, 7) is 0.180. The molecule has 6 heteroatoms. The van der Waals surface area contributed by atoms with E-state index >= 15 is 0 Å². The molecular formula is C22H17NO5. The van der Waals surface area contributed by atoms with Crippen molar-refractivity contribution in [2.24, 2.45) is 0 Å². The van der Waals surface area contributed by atoms with E-state index < -0.39 is 11.2 Å². The number of hydrogen-bond donors (Lipinski definition) is 2. The Kier molecular flexibility index (Phi) is 5.78. The zero-order valence-corrected chi connectivity index (χ0v) is 15.1. The van der Waals surface area contributed by atoms with Gasteiger partial charge in [0, 0.05) is 22.9 Å². The van der Waals surface area contributed by atoms with Gasteiger partial charge in [-0.15, -0.1) is 0 Å². The molecule has 140 valence electrons. The van der Waals surface area contributed by atoms with Crippen molar-refractivity contribution in [2.45, 2.75) is 6.54 Å². The highest BCUT2D eigenvalue weighted by Crippen LogP contribution is 2.15. The van der Waals surface area contributed by atoms with Crippen molar-refractivity contribution in [1.29, 1.82) is 0 Å². The van der Waals surface area contributed by atoms with Crippen LogP contribution in [0.25, 0.3) is 0 Å². The summed E-state index contributed by atoms with van der Waals surface area (Å²) in [5.41, 5.74) is 2.39. The normalized spacial score (nSPS) is 9.89. The lowest BCUT2D eigenvalue weighted by Crippen LogP contribution is -2.05. The Morgan fingerprint density at radius 1 is 1.04 bits per heavy atom. The van der Waals surface area contributed by atoms with Crippen LogP contribution in [0.3, 0.4) is 0 Å². The monoisotopic (exact) mass is 375 g/mol. The number of ether oxygens (including phenoxy) is 1. The van der Waals surface area contributed by atoms with Crippen LogP contribution < -0.4 is 10.7 Å². The van der Waals surface area contributed by atoms with E-state index in [1.807, 2.05) is 24.3 Å². The standard InChI is InChI=1S/C22H17NO5/c1-27-22(26)17-8-4-15(5-9-17)2-3-16-6-10-18(11-7-16)23-14-20-21(25)19(24)12-13-28-20/h4-13,23,25H,14H2,1H3. The number of methoxy groups -OCH3 is 1. The minimum atomic E-state index is -0.478. The van der Waals surface area contributed by atoms with Crippen molar-refractivity contribution in [2.75, 3.05) is 12.4 Å². The number of aromatic hydroxyl groups is 1. The Balaban J connectivity index is 1.63. The molecule has 3 aromatic rings. The molecule has 0 amide bonds. The molecule has 3 rings (SSSR count). The first-order valence-electron chi connectivity index (χ1n) is 8.41. The summed E-state index contributed by atoms with van der Waals surface area (Å²) in [6, 6.07) is 15.4. The van der Waals surface area contributed by atoms with Gasteiger partial charge in [0.1, 0.15) is 0 Å². The zero-order valence-electron chi connectivity index (χ0n) is 15.1. The van der Waals surface area contributed by atoms with Crippen LogP contribution >= 0.6 is 0 Å². The summed E-state index contributed by atoms with van der Waals surface area (Å²) in [4.78, 5) is 22.8. The molecule has 0 atom stereocenters. The zero-order chi connectivity index (χ0) is 19.9. The Hall–Kier alpha value is -3.98. The van der Waals surface area contributed by atoms with Gasteiger partial charge in [-0.1, -0.05) is 11.8 Å². The van der Waals surface area contributed by atoms with Crippen LogP contribution in [0.1, 0.15) is 27.2 Å². The van der Waals surface area contributed by atoms with Gasteiger partial charge in [-0.25, -0.2) is 4.79 Å². The van der Waals surface area contributed by atoms with Crippen LogP contribution in [-0.2, 0) is 11.3 Å². The van der Waals surface area contributed by atoms with Gasteiger partial charge in [-0.3, -0.25) is 4.79 Å². The lowest BCUT2D eigenvalue weighted by atomic mass is 10.1. The number of esters is 1. The highest BCUT2D eigenvalue weighted by molar-refractivity contribution is 5.89. The fraction of sp³-hybridized carbons (Fsp3) is 0.0909. The molecule has 0 spiro atoms. The maximum atomic E-state index is 11.4. The average Bonchev–Trinajstić information content (AvgIpc) is 2.74. The average molecular weight is 375 g/mol. The largest absolute Gasteiger partial charge is 0.502 e. The molecule has 0 radical (unpaired) electrons. The summed E-state index contributed by atoms with van der Waals surface area (Å²) in [5, 5.41) is 12.7. The molecule has 2 aromatic carbocycles. The van der Waals surface area contributed by atoms with Crippen molar-refractivity contribution in [3.05, 3.63) is 93.5 Å². The molecule has 0 bridgehead atoms. The Bertz CT molecular complexity index is 1090. The smallest absolute Gasteiger partial charge is 0.337 e. The Morgan fingerprint density at radius 2 is 1.64 bits per heavy atom. The molecule has 0 aliphatic carbocycles. The summed E-state index contributed by atoms with van der Waals surface area (Å²) < 4.78 is 9.80. The molecule has 6 nitrogen and oxygen atoms in total. The quantitative estimate of drug-likeness (QED) is 0.538. The highest BCUT2D eigenvalue weighted by atomic mass is 16.5. The molecule has 0 aliphatic heterocycles.